The van der Waals surface area contributed by atoms with Gasteiger partial charge in [-0.2, -0.15) is 0 Å². The third-order valence-electron chi connectivity index (χ3n) is 5.18. The summed E-state index contributed by atoms with van der Waals surface area (Å²) in [6.07, 6.45) is 3.84. The molecule has 7 heteroatoms. The van der Waals surface area contributed by atoms with Gasteiger partial charge in [0.25, 0.3) is 0 Å². The zero-order chi connectivity index (χ0) is 18.2. The van der Waals surface area contributed by atoms with Crippen LogP contribution in [0, 0.1) is 0 Å². The maximum absolute atomic E-state index is 5.29. The predicted octanol–water partition coefficient (Wildman–Crippen LogP) is 2.29. The second-order valence-corrected chi connectivity index (χ2v) is 6.82. The molecular formula is C20H22N6O. The highest BCUT2D eigenvalue weighted by molar-refractivity contribution is 5.84. The normalized spacial score (nSPS) is 15.6. The number of rotatable bonds is 4. The summed E-state index contributed by atoms with van der Waals surface area (Å²) in [5.74, 6) is 1.89. The number of benzene rings is 1. The lowest BCUT2D eigenvalue weighted by atomic mass is 10.1. The van der Waals surface area contributed by atoms with Gasteiger partial charge in [0.2, 0.25) is 0 Å². The minimum atomic E-state index is 0.823. The van der Waals surface area contributed by atoms with E-state index in [9.17, 15) is 0 Å². The number of methoxy groups -OCH3 is 1. The maximum Gasteiger partial charge on any atom is 0.154 e. The highest BCUT2D eigenvalue weighted by atomic mass is 16.5. The van der Waals surface area contributed by atoms with Crippen LogP contribution in [0.5, 0.6) is 5.75 Å². The summed E-state index contributed by atoms with van der Waals surface area (Å²) in [5, 5.41) is 3.41. The first kappa shape index (κ1) is 16.3. The van der Waals surface area contributed by atoms with Crippen molar-refractivity contribution < 1.29 is 4.74 Å². The van der Waals surface area contributed by atoms with Gasteiger partial charge >= 0.3 is 0 Å². The molecule has 0 radical (unpaired) electrons. The predicted molar refractivity (Wildman–Crippen MR) is 105 cm³/mol. The molecule has 1 aliphatic rings. The van der Waals surface area contributed by atoms with Gasteiger partial charge in [-0.15, -0.1) is 0 Å². The Morgan fingerprint density at radius 2 is 1.89 bits per heavy atom. The monoisotopic (exact) mass is 362 g/mol. The van der Waals surface area contributed by atoms with Gasteiger partial charge in [-0.05, 0) is 30.3 Å². The number of fused-ring (bicyclic) bond motifs is 3. The highest BCUT2D eigenvalue weighted by Gasteiger charge is 2.19. The van der Waals surface area contributed by atoms with E-state index < -0.39 is 0 Å². The van der Waals surface area contributed by atoms with Crippen LogP contribution in [0.15, 0.2) is 42.7 Å². The van der Waals surface area contributed by atoms with Crippen LogP contribution in [0.4, 0.5) is 0 Å². The first-order valence-corrected chi connectivity index (χ1v) is 9.24. The van der Waals surface area contributed by atoms with Crippen molar-refractivity contribution in [3.05, 3.63) is 48.5 Å². The van der Waals surface area contributed by atoms with Gasteiger partial charge in [0.05, 0.1) is 36.6 Å². The zero-order valence-corrected chi connectivity index (χ0v) is 15.3. The van der Waals surface area contributed by atoms with E-state index >= 15 is 0 Å². The van der Waals surface area contributed by atoms with Crippen LogP contribution in [0.25, 0.3) is 27.9 Å². The van der Waals surface area contributed by atoms with Crippen molar-refractivity contribution in [2.45, 2.75) is 6.54 Å². The average molecular weight is 362 g/mol. The lowest BCUT2D eigenvalue weighted by Crippen LogP contribution is -2.43. The number of nitrogens with one attached hydrogen (secondary N) is 2. The Morgan fingerprint density at radius 1 is 1.07 bits per heavy atom. The third kappa shape index (κ3) is 2.85. The minimum Gasteiger partial charge on any atom is -0.497 e. The fraction of sp³-hybridized carbons (Fsp3) is 0.300. The molecule has 4 aromatic rings. The summed E-state index contributed by atoms with van der Waals surface area (Å²) in [6, 6.07) is 10.1. The molecule has 0 saturated carbocycles. The van der Waals surface area contributed by atoms with Crippen molar-refractivity contribution in [2.24, 2.45) is 0 Å². The topological polar surface area (TPSA) is 70.5 Å². The molecular weight excluding hydrogens is 340 g/mol. The number of imidazole rings is 1. The first-order valence-electron chi connectivity index (χ1n) is 9.24. The van der Waals surface area contributed by atoms with Crippen molar-refractivity contribution >= 4 is 16.7 Å². The molecule has 5 rings (SSSR count). The molecule has 1 aromatic carbocycles. The number of nitrogens with zero attached hydrogens (tertiary/aromatic N) is 4. The van der Waals surface area contributed by atoms with Crippen molar-refractivity contribution in [1.82, 2.24) is 29.6 Å². The number of aromatic nitrogens is 4. The summed E-state index contributed by atoms with van der Waals surface area (Å²) in [6.45, 7) is 4.94. The Kier molecular flexibility index (Phi) is 4.03. The van der Waals surface area contributed by atoms with Gasteiger partial charge in [-0.1, -0.05) is 0 Å². The molecule has 3 aromatic heterocycles. The number of ether oxygens (including phenoxy) is 1. The number of piperazine rings is 1. The fourth-order valence-electron chi connectivity index (χ4n) is 3.77. The Balaban J connectivity index is 1.66. The Bertz CT molecular complexity index is 1080. The molecule has 27 heavy (non-hydrogen) atoms. The van der Waals surface area contributed by atoms with E-state index in [1.165, 1.54) is 0 Å². The third-order valence-corrected chi connectivity index (χ3v) is 5.18. The molecule has 7 nitrogen and oxygen atoms in total. The molecule has 4 heterocycles. The highest BCUT2D eigenvalue weighted by Crippen LogP contribution is 2.29. The SMILES string of the molecule is COc1ccc(-c2nc(CN3CCNCC3)n3c2cnc2[nH]ccc23)cc1. The Morgan fingerprint density at radius 3 is 2.67 bits per heavy atom. The number of H-pyrrole nitrogens is 1. The van der Waals surface area contributed by atoms with Crippen LogP contribution >= 0.6 is 0 Å². The van der Waals surface area contributed by atoms with Gasteiger partial charge in [0, 0.05) is 37.9 Å². The molecule has 1 aliphatic heterocycles. The molecule has 1 fully saturated rings. The van der Waals surface area contributed by atoms with E-state index in [0.29, 0.717) is 0 Å². The van der Waals surface area contributed by atoms with E-state index in [2.05, 4.69) is 42.8 Å². The molecule has 0 unspecified atom stereocenters. The van der Waals surface area contributed by atoms with Crippen LogP contribution in [-0.2, 0) is 6.54 Å². The van der Waals surface area contributed by atoms with Gasteiger partial charge in [-0.25, -0.2) is 9.97 Å². The summed E-state index contributed by atoms with van der Waals surface area (Å²) < 4.78 is 7.53. The van der Waals surface area contributed by atoms with Gasteiger partial charge in [0.15, 0.2) is 5.65 Å². The van der Waals surface area contributed by atoms with Gasteiger partial charge < -0.3 is 15.0 Å². The van der Waals surface area contributed by atoms with Crippen LogP contribution in [0.2, 0.25) is 0 Å². The van der Waals surface area contributed by atoms with E-state index in [1.54, 1.807) is 7.11 Å². The average Bonchev–Trinajstić information content (AvgIpc) is 3.33. The number of hydrogen-bond acceptors (Lipinski definition) is 5. The first-order chi connectivity index (χ1) is 13.3. The van der Waals surface area contributed by atoms with E-state index in [-0.39, 0.29) is 0 Å². The Hall–Kier alpha value is -2.90. The van der Waals surface area contributed by atoms with Crippen LogP contribution < -0.4 is 10.1 Å². The van der Waals surface area contributed by atoms with E-state index in [0.717, 1.165) is 72.2 Å². The van der Waals surface area contributed by atoms with Gasteiger partial charge in [-0.3, -0.25) is 9.30 Å². The molecule has 1 saturated heterocycles. The van der Waals surface area contributed by atoms with E-state index in [1.807, 2.05) is 24.5 Å². The lowest BCUT2D eigenvalue weighted by molar-refractivity contribution is 0.228. The summed E-state index contributed by atoms with van der Waals surface area (Å²) >= 11 is 0. The van der Waals surface area contributed by atoms with Crippen LogP contribution in [0.3, 0.4) is 0 Å². The van der Waals surface area contributed by atoms with Gasteiger partial charge in [0.1, 0.15) is 11.6 Å². The summed E-state index contributed by atoms with van der Waals surface area (Å²) in [5.41, 5.74) is 4.99. The second-order valence-electron chi connectivity index (χ2n) is 6.82. The molecule has 0 aliphatic carbocycles. The quantitative estimate of drug-likeness (QED) is 0.583. The van der Waals surface area contributed by atoms with E-state index in [4.69, 9.17) is 9.72 Å². The molecule has 0 amide bonds. The maximum atomic E-state index is 5.29. The second kappa shape index (κ2) is 6.68. The number of aromatic amines is 1. The van der Waals surface area contributed by atoms with Crippen molar-refractivity contribution in [3.63, 3.8) is 0 Å². The summed E-state index contributed by atoms with van der Waals surface area (Å²) in [4.78, 5) is 15.3. The lowest BCUT2D eigenvalue weighted by Gasteiger charge is -2.26. The molecule has 0 atom stereocenters. The largest absolute Gasteiger partial charge is 0.497 e. The fourth-order valence-corrected chi connectivity index (χ4v) is 3.77. The molecule has 0 spiro atoms. The Labute approximate surface area is 157 Å². The van der Waals surface area contributed by atoms with Crippen LogP contribution in [-0.4, -0.2) is 57.5 Å². The van der Waals surface area contributed by atoms with Crippen molar-refractivity contribution in [2.75, 3.05) is 33.3 Å². The summed E-state index contributed by atoms with van der Waals surface area (Å²) in [7, 11) is 1.68. The van der Waals surface area contributed by atoms with Crippen LogP contribution in [0.1, 0.15) is 5.82 Å². The molecule has 2 N–H and O–H groups in total. The standard InChI is InChI=1S/C20H22N6O/c1-27-15-4-2-14(3-5-15)19-17-12-23-20-16(6-7-22-20)26(17)18(24-19)13-25-10-8-21-9-11-25/h2-7,12,21-22H,8-11,13H2,1H3. The smallest absolute Gasteiger partial charge is 0.154 e. The van der Waals surface area contributed by atoms with Crippen molar-refractivity contribution in [3.8, 4) is 17.0 Å². The minimum absolute atomic E-state index is 0.823. The number of hydrogen-bond donors (Lipinski definition) is 2. The van der Waals surface area contributed by atoms with Crippen molar-refractivity contribution in [1.29, 1.82) is 0 Å². The zero-order valence-electron chi connectivity index (χ0n) is 15.3. The molecule has 138 valence electrons. The molecule has 0 bridgehead atoms.